The van der Waals surface area contributed by atoms with E-state index in [-0.39, 0.29) is 6.42 Å². The van der Waals surface area contributed by atoms with E-state index in [1.54, 1.807) is 0 Å². The molecular weight excluding hydrogens is 248 g/mol. The Bertz CT molecular complexity index is 306. The van der Waals surface area contributed by atoms with E-state index < -0.39 is 40.4 Å². The number of carboxylic acids is 1. The zero-order valence-corrected chi connectivity index (χ0v) is 9.89. The molecule has 0 saturated carbocycles. The maximum atomic E-state index is 10.9. The van der Waals surface area contributed by atoms with Gasteiger partial charge in [0.25, 0.3) is 0 Å². The summed E-state index contributed by atoms with van der Waals surface area (Å²) < 4.78 is 0. The monoisotopic (exact) mass is 264 g/mol. The topological polar surface area (TPSA) is 144 Å². The summed E-state index contributed by atoms with van der Waals surface area (Å²) in [6.45, 7) is 1.82. The van der Waals surface area contributed by atoms with Gasteiger partial charge in [0.15, 0.2) is 0 Å². The summed E-state index contributed by atoms with van der Waals surface area (Å²) in [6, 6.07) is 0. The number of aliphatic hydroxyl groups excluding tert-OH is 1. The number of nitro groups is 2. The lowest BCUT2D eigenvalue weighted by atomic mass is 9.93. The molecule has 9 heteroatoms. The standard InChI is InChI=1S/C9H16N2O7/c1-2-3-4-6(9(13)14)7(12)5-8(10(15)16)11(17)18/h6-8,12H,2-5H2,1H3,(H,13,14). The molecule has 2 atom stereocenters. The Labute approximate surface area is 103 Å². The maximum Gasteiger partial charge on any atom is 0.453 e. The number of unbranched alkanes of at least 4 members (excludes halogenated alkanes) is 1. The highest BCUT2D eigenvalue weighted by Gasteiger charge is 2.39. The molecule has 0 bridgehead atoms. The predicted molar refractivity (Wildman–Crippen MR) is 59.1 cm³/mol. The SMILES string of the molecule is CCCCC(C(=O)O)C(O)CC([N+](=O)[O-])[N+](=O)[O-]. The summed E-state index contributed by atoms with van der Waals surface area (Å²) in [5, 5.41) is 39.2. The van der Waals surface area contributed by atoms with E-state index in [0.29, 0.717) is 12.8 Å². The Kier molecular flexibility index (Phi) is 6.79. The average Bonchev–Trinajstić information content (AvgIpc) is 2.24. The molecule has 0 aromatic heterocycles. The van der Waals surface area contributed by atoms with E-state index in [4.69, 9.17) is 5.11 Å². The smallest absolute Gasteiger partial charge is 0.453 e. The second-order valence-electron chi connectivity index (χ2n) is 3.94. The van der Waals surface area contributed by atoms with Gasteiger partial charge in [-0.3, -0.25) is 25.0 Å². The first-order valence-electron chi connectivity index (χ1n) is 5.49. The first kappa shape index (κ1) is 16.2. The van der Waals surface area contributed by atoms with E-state index in [0.717, 1.165) is 0 Å². The quantitative estimate of drug-likeness (QED) is 0.350. The minimum atomic E-state index is -2.18. The first-order valence-corrected chi connectivity index (χ1v) is 5.49. The number of nitrogens with zero attached hydrogens (tertiary/aromatic N) is 2. The summed E-state index contributed by atoms with van der Waals surface area (Å²) in [6.07, 6.45) is -3.23. The van der Waals surface area contributed by atoms with Crippen LogP contribution >= 0.6 is 0 Å². The number of carboxylic acid groups (broad SMARTS) is 1. The van der Waals surface area contributed by atoms with E-state index in [2.05, 4.69) is 0 Å². The summed E-state index contributed by atoms with van der Waals surface area (Å²) in [4.78, 5) is 29.4. The maximum absolute atomic E-state index is 10.9. The predicted octanol–water partition coefficient (Wildman–Crippen LogP) is 0.508. The molecule has 0 radical (unpaired) electrons. The van der Waals surface area contributed by atoms with Crippen molar-refractivity contribution in [1.29, 1.82) is 0 Å². The van der Waals surface area contributed by atoms with Crippen LogP contribution < -0.4 is 0 Å². The molecule has 0 aliphatic carbocycles. The molecule has 9 nitrogen and oxygen atoms in total. The number of aliphatic carboxylic acids is 1. The van der Waals surface area contributed by atoms with E-state index in [9.17, 15) is 30.1 Å². The number of rotatable bonds is 9. The Hall–Kier alpha value is -1.77. The van der Waals surface area contributed by atoms with Crippen LogP contribution in [0.4, 0.5) is 0 Å². The highest BCUT2D eigenvalue weighted by atomic mass is 16.7. The molecule has 0 aromatic rings. The van der Waals surface area contributed by atoms with Crippen molar-refractivity contribution >= 4 is 5.97 Å². The number of carbonyl (C=O) groups is 1. The lowest BCUT2D eigenvalue weighted by Gasteiger charge is -2.17. The fourth-order valence-corrected chi connectivity index (χ4v) is 1.53. The van der Waals surface area contributed by atoms with Crippen molar-refractivity contribution in [3.05, 3.63) is 20.2 Å². The molecule has 0 aliphatic heterocycles. The molecular formula is C9H16N2O7. The summed E-state index contributed by atoms with van der Waals surface area (Å²) >= 11 is 0. The molecule has 2 N–H and O–H groups in total. The fraction of sp³-hybridized carbons (Fsp3) is 0.889. The van der Waals surface area contributed by atoms with Gasteiger partial charge in [0.05, 0.1) is 21.9 Å². The van der Waals surface area contributed by atoms with Crippen molar-refractivity contribution in [2.75, 3.05) is 0 Å². The Morgan fingerprint density at radius 2 is 1.78 bits per heavy atom. The second kappa shape index (κ2) is 7.54. The molecule has 0 aliphatic rings. The van der Waals surface area contributed by atoms with Gasteiger partial charge in [-0.05, 0) is 6.42 Å². The molecule has 0 spiro atoms. The van der Waals surface area contributed by atoms with Crippen LogP contribution in [0.1, 0.15) is 32.6 Å². The summed E-state index contributed by atoms with van der Waals surface area (Å²) in [7, 11) is 0. The van der Waals surface area contributed by atoms with Crippen LogP contribution in [0.2, 0.25) is 0 Å². The molecule has 0 saturated heterocycles. The number of hydrogen-bond acceptors (Lipinski definition) is 6. The van der Waals surface area contributed by atoms with E-state index in [1.807, 2.05) is 6.92 Å². The van der Waals surface area contributed by atoms with Gasteiger partial charge in [0.1, 0.15) is 6.42 Å². The number of hydrogen-bond donors (Lipinski definition) is 2. The van der Waals surface area contributed by atoms with Crippen molar-refractivity contribution in [2.45, 2.75) is 44.9 Å². The average molecular weight is 264 g/mol. The highest BCUT2D eigenvalue weighted by molar-refractivity contribution is 5.70. The third-order valence-corrected chi connectivity index (χ3v) is 2.59. The van der Waals surface area contributed by atoms with Crippen molar-refractivity contribution in [2.24, 2.45) is 5.92 Å². The Morgan fingerprint density at radius 1 is 1.28 bits per heavy atom. The third-order valence-electron chi connectivity index (χ3n) is 2.59. The van der Waals surface area contributed by atoms with Crippen LogP contribution in [0, 0.1) is 26.1 Å². The summed E-state index contributed by atoms with van der Waals surface area (Å²) in [5.41, 5.74) is 0. The van der Waals surface area contributed by atoms with Crippen LogP contribution in [0.5, 0.6) is 0 Å². The molecule has 0 aromatic carbocycles. The van der Waals surface area contributed by atoms with Crippen molar-refractivity contribution in [3.8, 4) is 0 Å². The van der Waals surface area contributed by atoms with Gasteiger partial charge in [-0.1, -0.05) is 19.8 Å². The number of aliphatic hydroxyl groups is 1. The van der Waals surface area contributed by atoms with Crippen LogP contribution in [0.15, 0.2) is 0 Å². The lowest BCUT2D eigenvalue weighted by molar-refractivity contribution is -0.744. The van der Waals surface area contributed by atoms with Gasteiger partial charge in [-0.2, -0.15) is 0 Å². The van der Waals surface area contributed by atoms with Gasteiger partial charge < -0.3 is 10.2 Å². The minimum Gasteiger partial charge on any atom is -0.481 e. The Morgan fingerprint density at radius 3 is 2.11 bits per heavy atom. The van der Waals surface area contributed by atoms with Crippen molar-refractivity contribution < 1.29 is 24.9 Å². The molecule has 0 amide bonds. The fourth-order valence-electron chi connectivity index (χ4n) is 1.53. The first-order chi connectivity index (χ1) is 8.31. The van der Waals surface area contributed by atoms with Gasteiger partial charge in [-0.25, -0.2) is 0 Å². The minimum absolute atomic E-state index is 0.134. The van der Waals surface area contributed by atoms with Crippen LogP contribution in [0.25, 0.3) is 0 Å². The van der Waals surface area contributed by atoms with Gasteiger partial charge in [-0.15, -0.1) is 0 Å². The van der Waals surface area contributed by atoms with Crippen LogP contribution in [-0.4, -0.2) is 38.3 Å². The van der Waals surface area contributed by atoms with Crippen molar-refractivity contribution in [1.82, 2.24) is 0 Å². The largest absolute Gasteiger partial charge is 0.481 e. The highest BCUT2D eigenvalue weighted by Crippen LogP contribution is 2.18. The molecule has 0 heterocycles. The molecule has 0 rings (SSSR count). The van der Waals surface area contributed by atoms with E-state index >= 15 is 0 Å². The third kappa shape index (κ3) is 5.04. The molecule has 2 unspecified atom stereocenters. The van der Waals surface area contributed by atoms with Crippen LogP contribution in [0.3, 0.4) is 0 Å². The van der Waals surface area contributed by atoms with Crippen LogP contribution in [-0.2, 0) is 4.79 Å². The zero-order valence-electron chi connectivity index (χ0n) is 9.89. The normalized spacial score (nSPS) is 14.2. The van der Waals surface area contributed by atoms with Gasteiger partial charge >= 0.3 is 12.1 Å². The summed E-state index contributed by atoms with van der Waals surface area (Å²) in [5.74, 6) is -2.52. The van der Waals surface area contributed by atoms with Gasteiger partial charge in [0, 0.05) is 0 Å². The Balaban J connectivity index is 4.66. The van der Waals surface area contributed by atoms with E-state index in [1.165, 1.54) is 0 Å². The lowest BCUT2D eigenvalue weighted by Crippen LogP contribution is -2.37. The molecule has 18 heavy (non-hydrogen) atoms. The molecule has 0 fully saturated rings. The molecule has 104 valence electrons. The zero-order chi connectivity index (χ0) is 14.3. The van der Waals surface area contributed by atoms with Gasteiger partial charge in [0.2, 0.25) is 0 Å². The second-order valence-corrected chi connectivity index (χ2v) is 3.94. The van der Waals surface area contributed by atoms with Crippen molar-refractivity contribution in [3.63, 3.8) is 0 Å².